The zero-order chi connectivity index (χ0) is 13.8. The Morgan fingerprint density at radius 3 is 2.95 bits per heavy atom. The minimum Gasteiger partial charge on any atom is -0.496 e. The van der Waals surface area contributed by atoms with Gasteiger partial charge in [0.05, 0.1) is 7.11 Å². The van der Waals surface area contributed by atoms with Crippen molar-refractivity contribution in [1.29, 1.82) is 0 Å². The van der Waals surface area contributed by atoms with Crippen molar-refractivity contribution in [1.82, 2.24) is 4.90 Å². The minimum atomic E-state index is 0.342. The van der Waals surface area contributed by atoms with E-state index in [2.05, 4.69) is 11.8 Å². The number of halogens is 1. The average Bonchev–Trinajstić information content (AvgIpc) is 2.43. The van der Waals surface area contributed by atoms with Gasteiger partial charge >= 0.3 is 0 Å². The van der Waals surface area contributed by atoms with Gasteiger partial charge in [0.15, 0.2) is 0 Å². The number of nitrogens with two attached hydrogens (primary N) is 1. The van der Waals surface area contributed by atoms with E-state index in [0.717, 1.165) is 48.8 Å². The van der Waals surface area contributed by atoms with Gasteiger partial charge in [0.25, 0.3) is 0 Å². The topological polar surface area (TPSA) is 38.5 Å². The lowest BCUT2D eigenvalue weighted by molar-refractivity contribution is 0.144. The molecule has 1 aliphatic heterocycles. The lowest BCUT2D eigenvalue weighted by atomic mass is 9.90. The summed E-state index contributed by atoms with van der Waals surface area (Å²) < 4.78 is 5.41. The molecule has 0 bridgehead atoms. The first-order chi connectivity index (χ1) is 9.15. The van der Waals surface area contributed by atoms with Crippen molar-refractivity contribution in [2.45, 2.75) is 32.4 Å². The Morgan fingerprint density at radius 1 is 1.47 bits per heavy atom. The summed E-state index contributed by atoms with van der Waals surface area (Å²) in [5, 5.41) is 0.780. The van der Waals surface area contributed by atoms with Gasteiger partial charge in [-0.2, -0.15) is 0 Å². The molecular weight excluding hydrogens is 260 g/mol. The van der Waals surface area contributed by atoms with Gasteiger partial charge in [-0.3, -0.25) is 4.90 Å². The summed E-state index contributed by atoms with van der Waals surface area (Å²) in [6.45, 7) is 5.13. The van der Waals surface area contributed by atoms with Gasteiger partial charge in [0.2, 0.25) is 0 Å². The van der Waals surface area contributed by atoms with Crippen LogP contribution in [-0.4, -0.2) is 31.1 Å². The summed E-state index contributed by atoms with van der Waals surface area (Å²) in [5.41, 5.74) is 7.23. The maximum absolute atomic E-state index is 6.29. The Hall–Kier alpha value is -0.770. The van der Waals surface area contributed by atoms with Crippen molar-refractivity contribution in [2.75, 3.05) is 20.2 Å². The fourth-order valence-electron chi connectivity index (χ4n) is 2.81. The molecular formula is C15H23ClN2O. The highest BCUT2D eigenvalue weighted by Gasteiger charge is 2.26. The molecule has 2 N–H and O–H groups in total. The summed E-state index contributed by atoms with van der Waals surface area (Å²) in [7, 11) is 1.69. The summed E-state index contributed by atoms with van der Waals surface area (Å²) in [4.78, 5) is 2.43. The Kier molecular flexibility index (Phi) is 5.08. The fourth-order valence-corrected chi connectivity index (χ4v) is 3.03. The second kappa shape index (κ2) is 6.60. The second-order valence-electron chi connectivity index (χ2n) is 5.28. The molecule has 0 aromatic heterocycles. The van der Waals surface area contributed by atoms with Crippen molar-refractivity contribution in [2.24, 2.45) is 11.7 Å². The SMILES string of the molecule is CCC1CN(Cc2c(Cl)cccc2OC)CCC1N. The second-order valence-corrected chi connectivity index (χ2v) is 5.68. The number of likely N-dealkylation sites (tertiary alicyclic amines) is 1. The van der Waals surface area contributed by atoms with Gasteiger partial charge in [-0.25, -0.2) is 0 Å². The number of rotatable bonds is 4. The van der Waals surface area contributed by atoms with E-state index in [9.17, 15) is 0 Å². The number of hydrogen-bond acceptors (Lipinski definition) is 3. The highest BCUT2D eigenvalue weighted by atomic mass is 35.5. The quantitative estimate of drug-likeness (QED) is 0.923. The third kappa shape index (κ3) is 3.41. The molecule has 106 valence electrons. The zero-order valence-corrected chi connectivity index (χ0v) is 12.5. The molecule has 2 rings (SSSR count). The van der Waals surface area contributed by atoms with Crippen LogP contribution in [0, 0.1) is 5.92 Å². The first-order valence-electron chi connectivity index (χ1n) is 6.95. The molecule has 1 aromatic carbocycles. The first kappa shape index (κ1) is 14.6. The van der Waals surface area contributed by atoms with Crippen molar-refractivity contribution < 1.29 is 4.74 Å². The van der Waals surface area contributed by atoms with E-state index in [-0.39, 0.29) is 0 Å². The lowest BCUT2D eigenvalue weighted by Gasteiger charge is -2.36. The van der Waals surface area contributed by atoms with E-state index in [0.29, 0.717) is 12.0 Å². The molecule has 0 saturated carbocycles. The monoisotopic (exact) mass is 282 g/mol. The maximum Gasteiger partial charge on any atom is 0.124 e. The van der Waals surface area contributed by atoms with Gasteiger partial charge in [-0.15, -0.1) is 0 Å². The van der Waals surface area contributed by atoms with Gasteiger partial charge < -0.3 is 10.5 Å². The van der Waals surface area contributed by atoms with Crippen molar-refractivity contribution in [3.63, 3.8) is 0 Å². The van der Waals surface area contributed by atoms with Crippen LogP contribution in [0.25, 0.3) is 0 Å². The molecule has 2 atom stereocenters. The van der Waals surface area contributed by atoms with Gasteiger partial charge in [-0.1, -0.05) is 31.0 Å². The highest BCUT2D eigenvalue weighted by molar-refractivity contribution is 6.31. The van der Waals surface area contributed by atoms with Crippen molar-refractivity contribution >= 4 is 11.6 Å². The average molecular weight is 283 g/mol. The number of hydrogen-bond donors (Lipinski definition) is 1. The fraction of sp³-hybridized carbons (Fsp3) is 0.600. The first-order valence-corrected chi connectivity index (χ1v) is 7.32. The van der Waals surface area contributed by atoms with Crippen LogP contribution in [0.15, 0.2) is 18.2 Å². The third-order valence-corrected chi connectivity index (χ3v) is 4.43. The number of ether oxygens (including phenoxy) is 1. The molecule has 0 radical (unpaired) electrons. The molecule has 0 spiro atoms. The molecule has 4 heteroatoms. The molecule has 2 unspecified atom stereocenters. The summed E-state index contributed by atoms with van der Waals surface area (Å²) in [6, 6.07) is 6.15. The summed E-state index contributed by atoms with van der Waals surface area (Å²) in [5.74, 6) is 1.46. The molecule has 0 amide bonds. The van der Waals surface area contributed by atoms with Crippen molar-refractivity contribution in [3.05, 3.63) is 28.8 Å². The number of piperidine rings is 1. The van der Waals surface area contributed by atoms with Crippen LogP contribution in [-0.2, 0) is 6.54 Å². The number of benzene rings is 1. The number of nitrogens with zero attached hydrogens (tertiary/aromatic N) is 1. The Balaban J connectivity index is 2.09. The molecule has 1 aliphatic rings. The third-order valence-electron chi connectivity index (χ3n) is 4.08. The highest BCUT2D eigenvalue weighted by Crippen LogP contribution is 2.29. The predicted molar refractivity (Wildman–Crippen MR) is 79.7 cm³/mol. The van der Waals surface area contributed by atoms with Crippen LogP contribution in [0.2, 0.25) is 5.02 Å². The zero-order valence-electron chi connectivity index (χ0n) is 11.7. The van der Waals surface area contributed by atoms with E-state index in [1.165, 1.54) is 0 Å². The molecule has 1 heterocycles. The number of methoxy groups -OCH3 is 1. The van der Waals surface area contributed by atoms with Crippen LogP contribution in [0.3, 0.4) is 0 Å². The standard InChI is InChI=1S/C15H23ClN2O/c1-3-11-9-18(8-7-14(11)17)10-12-13(16)5-4-6-15(12)19-2/h4-6,11,14H,3,7-10,17H2,1-2H3. The van der Waals surface area contributed by atoms with Crippen LogP contribution < -0.4 is 10.5 Å². The maximum atomic E-state index is 6.29. The Bertz CT molecular complexity index is 425. The van der Waals surface area contributed by atoms with E-state index in [1.807, 2.05) is 18.2 Å². The molecule has 1 saturated heterocycles. The van der Waals surface area contributed by atoms with Crippen LogP contribution in [0.5, 0.6) is 5.75 Å². The van der Waals surface area contributed by atoms with Crippen LogP contribution in [0.4, 0.5) is 0 Å². The van der Waals surface area contributed by atoms with Gasteiger partial charge in [0, 0.05) is 29.7 Å². The summed E-state index contributed by atoms with van der Waals surface area (Å²) >= 11 is 6.29. The van der Waals surface area contributed by atoms with Crippen LogP contribution >= 0.6 is 11.6 Å². The minimum absolute atomic E-state index is 0.342. The van der Waals surface area contributed by atoms with Crippen molar-refractivity contribution in [3.8, 4) is 5.75 Å². The molecule has 1 fully saturated rings. The summed E-state index contributed by atoms with van der Waals surface area (Å²) in [6.07, 6.45) is 2.20. The lowest BCUT2D eigenvalue weighted by Crippen LogP contribution is -2.46. The normalized spacial score (nSPS) is 24.4. The predicted octanol–water partition coefficient (Wildman–Crippen LogP) is 2.91. The molecule has 19 heavy (non-hydrogen) atoms. The molecule has 0 aliphatic carbocycles. The Labute approximate surface area is 120 Å². The Morgan fingerprint density at radius 2 is 2.26 bits per heavy atom. The smallest absolute Gasteiger partial charge is 0.124 e. The van der Waals surface area contributed by atoms with Crippen LogP contribution in [0.1, 0.15) is 25.3 Å². The van der Waals surface area contributed by atoms with E-state index >= 15 is 0 Å². The van der Waals surface area contributed by atoms with E-state index < -0.39 is 0 Å². The van der Waals surface area contributed by atoms with Gasteiger partial charge in [-0.05, 0) is 31.0 Å². The van der Waals surface area contributed by atoms with E-state index in [1.54, 1.807) is 7.11 Å². The largest absolute Gasteiger partial charge is 0.496 e. The van der Waals surface area contributed by atoms with E-state index in [4.69, 9.17) is 22.1 Å². The van der Waals surface area contributed by atoms with Gasteiger partial charge in [0.1, 0.15) is 5.75 Å². The molecule has 3 nitrogen and oxygen atoms in total. The molecule has 1 aromatic rings.